The lowest BCUT2D eigenvalue weighted by molar-refractivity contribution is -0.194. The molecule has 142 valence electrons. The quantitative estimate of drug-likeness (QED) is 0.761. The fraction of sp³-hybridized carbons (Fsp3) is 0.900. The minimum absolute atomic E-state index is 0.0605. The smallest absolute Gasteiger partial charge is 0.311 e. The number of carbonyl (C=O) groups is 2. The number of methoxy groups -OCH3 is 1. The molecule has 0 aromatic rings. The Balaban J connectivity index is 2.00. The van der Waals surface area contributed by atoms with Crippen LogP contribution in [0.1, 0.15) is 71.6 Å². The number of aliphatic hydroxyl groups excluding tert-OH is 1. The van der Waals surface area contributed by atoms with Crippen molar-refractivity contribution in [1.29, 1.82) is 0 Å². The van der Waals surface area contributed by atoms with Crippen LogP contribution in [-0.4, -0.2) is 35.4 Å². The molecule has 3 rings (SSSR count). The minimum atomic E-state index is -0.771. The van der Waals surface area contributed by atoms with Crippen LogP contribution in [-0.2, 0) is 14.3 Å². The number of fused-ring (bicyclic) bond motifs is 3. The predicted octanol–water partition coefficient (Wildman–Crippen LogP) is 3.39. The molecule has 0 aromatic heterocycles. The molecule has 25 heavy (non-hydrogen) atoms. The molecule has 5 nitrogen and oxygen atoms in total. The lowest BCUT2D eigenvalue weighted by Gasteiger charge is -2.64. The third-order valence-electron chi connectivity index (χ3n) is 8.03. The number of rotatable bonds is 3. The molecule has 3 fully saturated rings. The number of esters is 1. The molecule has 0 amide bonds. The molecule has 0 aromatic carbocycles. The molecule has 0 saturated heterocycles. The van der Waals surface area contributed by atoms with Crippen molar-refractivity contribution >= 4 is 11.9 Å². The summed E-state index contributed by atoms with van der Waals surface area (Å²) < 4.78 is 5.16. The number of aliphatic hydroxyl groups is 1. The van der Waals surface area contributed by atoms with Gasteiger partial charge in [0.25, 0.3) is 0 Å². The van der Waals surface area contributed by atoms with Crippen LogP contribution >= 0.6 is 0 Å². The van der Waals surface area contributed by atoms with Crippen LogP contribution < -0.4 is 0 Å². The summed E-state index contributed by atoms with van der Waals surface area (Å²) in [6.45, 7) is 4.32. The highest BCUT2D eigenvalue weighted by Crippen LogP contribution is 2.68. The van der Waals surface area contributed by atoms with Gasteiger partial charge in [-0.2, -0.15) is 0 Å². The Hall–Kier alpha value is -1.10. The van der Waals surface area contributed by atoms with Gasteiger partial charge in [-0.15, -0.1) is 0 Å². The molecule has 0 bridgehead atoms. The van der Waals surface area contributed by atoms with Gasteiger partial charge in [-0.3, -0.25) is 9.59 Å². The van der Waals surface area contributed by atoms with Crippen molar-refractivity contribution in [2.24, 2.45) is 28.1 Å². The molecule has 2 N–H and O–H groups in total. The summed E-state index contributed by atoms with van der Waals surface area (Å²) >= 11 is 0. The van der Waals surface area contributed by atoms with Crippen LogP contribution in [0.25, 0.3) is 0 Å². The number of ether oxygens (including phenoxy) is 1. The second kappa shape index (κ2) is 6.26. The Kier molecular flexibility index (Phi) is 4.68. The van der Waals surface area contributed by atoms with Crippen LogP contribution in [0.15, 0.2) is 0 Å². The maximum Gasteiger partial charge on any atom is 0.311 e. The summed E-state index contributed by atoms with van der Waals surface area (Å²) in [5, 5.41) is 19.8. The van der Waals surface area contributed by atoms with Gasteiger partial charge in [-0.1, -0.05) is 13.3 Å². The fourth-order valence-electron chi connectivity index (χ4n) is 7.16. The Morgan fingerprint density at radius 1 is 1.08 bits per heavy atom. The van der Waals surface area contributed by atoms with Crippen LogP contribution in [0.2, 0.25) is 0 Å². The summed E-state index contributed by atoms with van der Waals surface area (Å²) in [6.07, 6.45) is 6.40. The topological polar surface area (TPSA) is 83.8 Å². The van der Waals surface area contributed by atoms with E-state index in [1.807, 2.05) is 6.92 Å². The van der Waals surface area contributed by atoms with Gasteiger partial charge in [-0.05, 0) is 74.5 Å². The first-order valence-corrected chi connectivity index (χ1v) is 9.66. The average molecular weight is 352 g/mol. The monoisotopic (exact) mass is 352 g/mol. The summed E-state index contributed by atoms with van der Waals surface area (Å²) in [5.41, 5.74) is -0.870. The summed E-state index contributed by atoms with van der Waals surface area (Å²) in [5.74, 6) is -0.413. The van der Waals surface area contributed by atoms with Gasteiger partial charge in [0.2, 0.25) is 0 Å². The van der Waals surface area contributed by atoms with Crippen molar-refractivity contribution in [3.63, 3.8) is 0 Å². The normalized spacial score (nSPS) is 46.6. The van der Waals surface area contributed by atoms with Crippen molar-refractivity contribution in [2.75, 3.05) is 7.11 Å². The maximum atomic E-state index is 12.6. The highest BCUT2D eigenvalue weighted by molar-refractivity contribution is 5.77. The molecule has 0 radical (unpaired) electrons. The zero-order valence-electron chi connectivity index (χ0n) is 15.7. The van der Waals surface area contributed by atoms with E-state index in [4.69, 9.17) is 4.74 Å². The van der Waals surface area contributed by atoms with E-state index in [2.05, 4.69) is 6.92 Å². The number of carbonyl (C=O) groups excluding carboxylic acids is 1. The lowest BCUT2D eigenvalue weighted by Crippen LogP contribution is -2.60. The lowest BCUT2D eigenvalue weighted by atomic mass is 9.40. The van der Waals surface area contributed by atoms with Gasteiger partial charge in [0.15, 0.2) is 0 Å². The van der Waals surface area contributed by atoms with Crippen LogP contribution in [0.5, 0.6) is 0 Å². The van der Waals surface area contributed by atoms with E-state index in [0.717, 1.165) is 44.9 Å². The van der Waals surface area contributed by atoms with Crippen molar-refractivity contribution in [3.8, 4) is 0 Å². The van der Waals surface area contributed by atoms with E-state index in [-0.39, 0.29) is 35.1 Å². The number of carboxylic acid groups (broad SMARTS) is 1. The molecule has 2 unspecified atom stereocenters. The molecule has 3 saturated carbocycles. The van der Waals surface area contributed by atoms with Gasteiger partial charge in [-0.25, -0.2) is 0 Å². The van der Waals surface area contributed by atoms with Crippen LogP contribution in [0, 0.1) is 28.1 Å². The molecule has 0 heterocycles. The van der Waals surface area contributed by atoms with Gasteiger partial charge in [0.1, 0.15) is 0 Å². The first-order chi connectivity index (χ1) is 11.7. The average Bonchev–Trinajstić information content (AvgIpc) is 2.52. The van der Waals surface area contributed by atoms with Gasteiger partial charge < -0.3 is 14.9 Å². The number of hydrogen-bond donors (Lipinski definition) is 2. The van der Waals surface area contributed by atoms with Crippen molar-refractivity contribution < 1.29 is 24.5 Å². The Bertz CT molecular complexity index is 560. The molecule has 6 atom stereocenters. The number of carboxylic acids is 1. The standard InChI is InChI=1S/C20H32O5/c1-18-8-4-9-19(2,17(24)25-3)14(18)7-10-20(12-16(22)23)11-13(21)5-6-15(18)20/h13-15,21H,4-12H2,1-3H3,(H,22,23)/t13-,14?,15?,18+,19+,20-/m0/s1. The Morgan fingerprint density at radius 2 is 1.80 bits per heavy atom. The van der Waals surface area contributed by atoms with E-state index in [0.29, 0.717) is 6.42 Å². The molecule has 3 aliphatic carbocycles. The maximum absolute atomic E-state index is 12.6. The molecular weight excluding hydrogens is 320 g/mol. The van der Waals surface area contributed by atoms with Gasteiger partial charge >= 0.3 is 11.9 Å². The van der Waals surface area contributed by atoms with Gasteiger partial charge in [0, 0.05) is 0 Å². The fourth-order valence-corrected chi connectivity index (χ4v) is 7.16. The first kappa shape index (κ1) is 18.7. The molecular formula is C20H32O5. The van der Waals surface area contributed by atoms with Gasteiger partial charge in [0.05, 0.1) is 25.0 Å². The van der Waals surface area contributed by atoms with Crippen molar-refractivity contribution in [2.45, 2.75) is 77.7 Å². The Labute approximate surface area is 150 Å². The van der Waals surface area contributed by atoms with E-state index in [9.17, 15) is 19.8 Å². The van der Waals surface area contributed by atoms with Crippen LogP contribution in [0.4, 0.5) is 0 Å². The third kappa shape index (κ3) is 2.79. The van der Waals surface area contributed by atoms with Crippen LogP contribution in [0.3, 0.4) is 0 Å². The number of hydrogen-bond acceptors (Lipinski definition) is 4. The Morgan fingerprint density at radius 3 is 2.44 bits per heavy atom. The highest BCUT2D eigenvalue weighted by atomic mass is 16.5. The SMILES string of the molecule is COC(=O)[C@]1(C)CCC[C@@]2(C)C3CC[C@H](O)C[C@]3(CC(=O)O)CCC21. The molecule has 0 spiro atoms. The third-order valence-corrected chi connectivity index (χ3v) is 8.03. The second-order valence-corrected chi connectivity index (χ2v) is 9.28. The predicted molar refractivity (Wildman–Crippen MR) is 92.8 cm³/mol. The molecule has 3 aliphatic rings. The second-order valence-electron chi connectivity index (χ2n) is 9.28. The number of aliphatic carboxylic acids is 1. The van der Waals surface area contributed by atoms with E-state index in [1.54, 1.807) is 0 Å². The molecule has 0 aliphatic heterocycles. The highest BCUT2D eigenvalue weighted by Gasteiger charge is 2.63. The first-order valence-electron chi connectivity index (χ1n) is 9.66. The summed E-state index contributed by atoms with van der Waals surface area (Å²) in [6, 6.07) is 0. The largest absolute Gasteiger partial charge is 0.481 e. The van der Waals surface area contributed by atoms with Crippen molar-refractivity contribution in [3.05, 3.63) is 0 Å². The minimum Gasteiger partial charge on any atom is -0.481 e. The molecule has 5 heteroatoms. The van der Waals surface area contributed by atoms with E-state index >= 15 is 0 Å². The summed E-state index contributed by atoms with van der Waals surface area (Å²) in [7, 11) is 1.47. The summed E-state index contributed by atoms with van der Waals surface area (Å²) in [4.78, 5) is 24.2. The zero-order valence-corrected chi connectivity index (χ0v) is 15.7. The zero-order chi connectivity index (χ0) is 18.5. The van der Waals surface area contributed by atoms with E-state index < -0.39 is 17.5 Å². The van der Waals surface area contributed by atoms with E-state index in [1.165, 1.54) is 7.11 Å². The van der Waals surface area contributed by atoms with Crippen molar-refractivity contribution in [1.82, 2.24) is 0 Å².